The first-order chi connectivity index (χ1) is 18.8. The highest BCUT2D eigenvalue weighted by Crippen LogP contribution is 2.38. The number of aromatic nitrogens is 4. The Kier molecular flexibility index (Phi) is 7.23. The van der Waals surface area contributed by atoms with Crippen LogP contribution in [0.1, 0.15) is 30.0 Å². The van der Waals surface area contributed by atoms with Gasteiger partial charge >= 0.3 is 0 Å². The molecule has 2 amide bonds. The van der Waals surface area contributed by atoms with E-state index in [0.29, 0.717) is 50.8 Å². The zero-order chi connectivity index (χ0) is 27.7. The third kappa shape index (κ3) is 5.16. The number of H-pyrrole nitrogens is 1. The zero-order valence-electron chi connectivity index (χ0n) is 22.8. The van der Waals surface area contributed by atoms with E-state index in [9.17, 15) is 9.59 Å². The Balaban J connectivity index is 1.47. The molecule has 3 aromatic rings. The molecule has 4 heterocycles. The number of benzene rings is 1. The number of aromatic amines is 1. The number of nitrogens with zero attached hydrogens (tertiary/aromatic N) is 6. The fraction of sp³-hybridized carbons (Fsp3) is 0.393. The van der Waals surface area contributed by atoms with Crippen LogP contribution in [0, 0.1) is 6.92 Å². The lowest BCUT2D eigenvalue weighted by atomic mass is 9.99. The molecule has 1 aromatic carbocycles. The second kappa shape index (κ2) is 10.8. The second-order valence-corrected chi connectivity index (χ2v) is 10.1. The SMILES string of the molecule is C=CC(=O)N1CCN(c2nc(NCCC(=O)N(C)C)nc3c2CC=C(c2c(C)ccc4[nH]ncc24)O3)C[C@H]1C. The van der Waals surface area contributed by atoms with Crippen LogP contribution in [-0.2, 0) is 16.0 Å². The third-order valence-corrected chi connectivity index (χ3v) is 7.23. The maximum atomic E-state index is 12.3. The first-order valence-electron chi connectivity index (χ1n) is 13.1. The summed E-state index contributed by atoms with van der Waals surface area (Å²) in [7, 11) is 3.47. The van der Waals surface area contributed by atoms with E-state index in [0.717, 1.165) is 39.2 Å². The van der Waals surface area contributed by atoms with Gasteiger partial charge in [-0.05, 0) is 37.6 Å². The minimum Gasteiger partial charge on any atom is -0.438 e. The van der Waals surface area contributed by atoms with Crippen LogP contribution < -0.4 is 15.0 Å². The quantitative estimate of drug-likeness (QED) is 0.448. The number of nitrogens with one attached hydrogen (secondary N) is 2. The molecule has 39 heavy (non-hydrogen) atoms. The Labute approximate surface area is 227 Å². The van der Waals surface area contributed by atoms with Gasteiger partial charge in [0.15, 0.2) is 0 Å². The molecule has 11 heteroatoms. The van der Waals surface area contributed by atoms with Crippen LogP contribution in [0.15, 0.2) is 37.1 Å². The minimum absolute atomic E-state index is 0.0130. The van der Waals surface area contributed by atoms with Crippen molar-refractivity contribution in [2.24, 2.45) is 0 Å². The van der Waals surface area contributed by atoms with Crippen molar-refractivity contribution in [2.45, 2.75) is 32.7 Å². The molecule has 0 saturated carbocycles. The maximum absolute atomic E-state index is 12.3. The second-order valence-electron chi connectivity index (χ2n) is 10.1. The minimum atomic E-state index is -0.0699. The summed E-state index contributed by atoms with van der Waals surface area (Å²) in [6.45, 7) is 9.90. The standard InChI is InChI=1S/C28H34N8O3/c1-6-23(37)36-14-13-35(16-18(36)3)26-19-8-10-22(25-17(2)7-9-21-20(25)15-30-33-21)39-27(19)32-28(31-26)29-12-11-24(38)34(4)5/h6-7,9-10,15,18H,1,8,11-14,16H2,2-5H3,(H,30,33)(H,29,31,32)/t18-/m1/s1. The van der Waals surface area contributed by atoms with Crippen molar-refractivity contribution in [3.8, 4) is 5.88 Å². The van der Waals surface area contributed by atoms with Crippen LogP contribution in [-0.4, -0.2) is 88.1 Å². The van der Waals surface area contributed by atoms with E-state index in [4.69, 9.17) is 14.7 Å². The first kappa shape index (κ1) is 26.2. The fourth-order valence-electron chi connectivity index (χ4n) is 5.10. The smallest absolute Gasteiger partial charge is 0.246 e. The molecule has 11 nitrogen and oxygen atoms in total. The highest BCUT2D eigenvalue weighted by Gasteiger charge is 2.31. The first-order valence-corrected chi connectivity index (χ1v) is 13.1. The number of fused-ring (bicyclic) bond motifs is 2. The average Bonchev–Trinajstić information content (AvgIpc) is 3.40. The average molecular weight is 531 g/mol. The Morgan fingerprint density at radius 2 is 2.10 bits per heavy atom. The molecule has 1 saturated heterocycles. The summed E-state index contributed by atoms with van der Waals surface area (Å²) >= 11 is 0. The summed E-state index contributed by atoms with van der Waals surface area (Å²) in [5, 5.41) is 11.4. The van der Waals surface area contributed by atoms with Crippen molar-refractivity contribution in [3.63, 3.8) is 0 Å². The lowest BCUT2D eigenvalue weighted by molar-refractivity contribution is -0.129. The van der Waals surface area contributed by atoms with Gasteiger partial charge in [0.05, 0.1) is 17.3 Å². The molecule has 2 aliphatic rings. The van der Waals surface area contributed by atoms with Crippen molar-refractivity contribution in [2.75, 3.05) is 50.5 Å². The van der Waals surface area contributed by atoms with Crippen LogP contribution in [0.5, 0.6) is 5.88 Å². The summed E-state index contributed by atoms with van der Waals surface area (Å²) in [6.07, 6.45) is 6.14. The van der Waals surface area contributed by atoms with Gasteiger partial charge in [-0.3, -0.25) is 14.7 Å². The molecule has 5 rings (SSSR count). The number of amides is 2. The highest BCUT2D eigenvalue weighted by atomic mass is 16.5. The number of ether oxygens (including phenoxy) is 1. The molecule has 0 radical (unpaired) electrons. The lowest BCUT2D eigenvalue weighted by Crippen LogP contribution is -2.54. The molecule has 0 unspecified atom stereocenters. The van der Waals surface area contributed by atoms with Gasteiger partial charge in [-0.15, -0.1) is 0 Å². The molecule has 204 valence electrons. The largest absolute Gasteiger partial charge is 0.438 e. The molecule has 0 bridgehead atoms. The Morgan fingerprint density at radius 3 is 2.85 bits per heavy atom. The van der Waals surface area contributed by atoms with Gasteiger partial charge in [0, 0.05) is 70.1 Å². The molecule has 2 aromatic heterocycles. The van der Waals surface area contributed by atoms with Gasteiger partial charge in [-0.25, -0.2) is 0 Å². The van der Waals surface area contributed by atoms with Gasteiger partial charge in [0.25, 0.3) is 0 Å². The molecule has 2 N–H and O–H groups in total. The van der Waals surface area contributed by atoms with Gasteiger partial charge in [-0.2, -0.15) is 15.1 Å². The Hall–Kier alpha value is -4.41. The van der Waals surface area contributed by atoms with Crippen LogP contribution in [0.3, 0.4) is 0 Å². The van der Waals surface area contributed by atoms with E-state index in [1.807, 2.05) is 37.1 Å². The predicted octanol–water partition coefficient (Wildman–Crippen LogP) is 2.75. The van der Waals surface area contributed by atoms with Crippen molar-refractivity contribution in [1.82, 2.24) is 30.0 Å². The number of aryl methyl sites for hydroxylation is 1. The van der Waals surface area contributed by atoms with Crippen molar-refractivity contribution < 1.29 is 14.3 Å². The van der Waals surface area contributed by atoms with Gasteiger partial charge in [0.1, 0.15) is 11.6 Å². The van der Waals surface area contributed by atoms with Crippen molar-refractivity contribution in [1.29, 1.82) is 0 Å². The van der Waals surface area contributed by atoms with Gasteiger partial charge in [-0.1, -0.05) is 12.6 Å². The van der Waals surface area contributed by atoms with Crippen LogP contribution in [0.2, 0.25) is 0 Å². The van der Waals surface area contributed by atoms with E-state index in [1.54, 1.807) is 19.0 Å². The number of carbonyl (C=O) groups excluding carboxylic acids is 2. The van der Waals surface area contributed by atoms with Gasteiger partial charge < -0.3 is 24.8 Å². The summed E-state index contributed by atoms with van der Waals surface area (Å²) < 4.78 is 6.47. The lowest BCUT2D eigenvalue weighted by Gasteiger charge is -2.40. The molecular weight excluding hydrogens is 496 g/mol. The molecular formula is C28H34N8O3. The molecule has 0 aliphatic carbocycles. The number of hydrogen-bond donors (Lipinski definition) is 2. The monoisotopic (exact) mass is 530 g/mol. The zero-order valence-corrected chi connectivity index (χ0v) is 22.8. The van der Waals surface area contributed by atoms with Crippen LogP contribution in [0.25, 0.3) is 16.7 Å². The number of anilines is 2. The Bertz CT molecular complexity index is 1460. The number of piperazine rings is 1. The number of carbonyl (C=O) groups is 2. The van der Waals surface area contributed by atoms with Crippen LogP contribution >= 0.6 is 0 Å². The summed E-state index contributed by atoms with van der Waals surface area (Å²) in [4.78, 5) is 39.5. The third-order valence-electron chi connectivity index (χ3n) is 7.23. The topological polar surface area (TPSA) is 120 Å². The van der Waals surface area contributed by atoms with E-state index < -0.39 is 0 Å². The number of hydrogen-bond acceptors (Lipinski definition) is 8. The van der Waals surface area contributed by atoms with Gasteiger partial charge in [0.2, 0.25) is 23.6 Å². The predicted molar refractivity (Wildman–Crippen MR) is 151 cm³/mol. The molecule has 2 aliphatic heterocycles. The molecule has 1 atom stereocenters. The Morgan fingerprint density at radius 1 is 1.28 bits per heavy atom. The maximum Gasteiger partial charge on any atom is 0.246 e. The number of allylic oxidation sites excluding steroid dienone is 1. The summed E-state index contributed by atoms with van der Waals surface area (Å²) in [5.74, 6) is 2.32. The highest BCUT2D eigenvalue weighted by molar-refractivity contribution is 5.92. The fourth-order valence-corrected chi connectivity index (χ4v) is 5.10. The summed E-state index contributed by atoms with van der Waals surface area (Å²) in [5.41, 5.74) is 3.87. The summed E-state index contributed by atoms with van der Waals surface area (Å²) in [6, 6.07) is 4.04. The molecule has 0 spiro atoms. The van der Waals surface area contributed by atoms with Crippen molar-refractivity contribution >= 4 is 40.2 Å². The molecule has 1 fully saturated rings. The van der Waals surface area contributed by atoms with Crippen LogP contribution in [0.4, 0.5) is 11.8 Å². The van der Waals surface area contributed by atoms with E-state index >= 15 is 0 Å². The van der Waals surface area contributed by atoms with E-state index in [2.05, 4.69) is 33.1 Å². The normalized spacial score (nSPS) is 16.8. The van der Waals surface area contributed by atoms with Crippen molar-refractivity contribution in [3.05, 3.63) is 53.8 Å². The van der Waals surface area contributed by atoms with E-state index in [-0.39, 0.29) is 17.9 Å². The van der Waals surface area contributed by atoms with E-state index in [1.165, 1.54) is 6.08 Å². The number of rotatable bonds is 7.